The number of hydrogen-bond acceptors (Lipinski definition) is 2. The van der Waals surface area contributed by atoms with Crippen LogP contribution in [0.1, 0.15) is 31.7 Å². The highest BCUT2D eigenvalue weighted by molar-refractivity contribution is 5.14. The van der Waals surface area contributed by atoms with Crippen molar-refractivity contribution >= 4 is 0 Å². The lowest BCUT2D eigenvalue weighted by Gasteiger charge is -2.37. The van der Waals surface area contributed by atoms with Crippen LogP contribution in [-0.4, -0.2) is 30.1 Å². The van der Waals surface area contributed by atoms with Gasteiger partial charge in [0.1, 0.15) is 0 Å². The van der Waals surface area contributed by atoms with Gasteiger partial charge >= 0.3 is 0 Å². The van der Waals surface area contributed by atoms with Gasteiger partial charge in [-0.2, -0.15) is 0 Å². The molecule has 2 fully saturated rings. The van der Waals surface area contributed by atoms with Crippen LogP contribution in [-0.2, 0) is 6.54 Å². The summed E-state index contributed by atoms with van der Waals surface area (Å²) in [5.41, 5.74) is 1.44. The molecule has 2 heteroatoms. The van der Waals surface area contributed by atoms with E-state index in [2.05, 4.69) is 47.5 Å². The molecule has 1 heterocycles. The Labute approximate surface area is 110 Å². The van der Waals surface area contributed by atoms with Crippen molar-refractivity contribution in [2.75, 3.05) is 13.1 Å². The summed E-state index contributed by atoms with van der Waals surface area (Å²) >= 11 is 0. The van der Waals surface area contributed by atoms with Gasteiger partial charge in [0.05, 0.1) is 0 Å². The Morgan fingerprint density at radius 2 is 1.94 bits per heavy atom. The molecule has 1 aromatic carbocycles. The Bertz CT molecular complexity index is 372. The Morgan fingerprint density at radius 1 is 1.17 bits per heavy atom. The monoisotopic (exact) mass is 244 g/mol. The molecule has 1 N–H and O–H groups in total. The largest absolute Gasteiger partial charge is 0.311 e. The Morgan fingerprint density at radius 3 is 2.61 bits per heavy atom. The third kappa shape index (κ3) is 3.12. The first-order valence-electron chi connectivity index (χ1n) is 7.33. The van der Waals surface area contributed by atoms with Crippen molar-refractivity contribution in [2.45, 2.75) is 44.8 Å². The summed E-state index contributed by atoms with van der Waals surface area (Å²) in [7, 11) is 0. The molecule has 0 radical (unpaired) electrons. The average molecular weight is 244 g/mol. The molecule has 0 unspecified atom stereocenters. The maximum Gasteiger partial charge on any atom is 0.0233 e. The van der Waals surface area contributed by atoms with E-state index in [-0.39, 0.29) is 0 Å². The number of nitrogens with zero attached hydrogens (tertiary/aromatic N) is 1. The van der Waals surface area contributed by atoms with E-state index in [9.17, 15) is 0 Å². The molecule has 2 atom stereocenters. The smallest absolute Gasteiger partial charge is 0.0233 e. The zero-order valence-electron chi connectivity index (χ0n) is 11.3. The topological polar surface area (TPSA) is 15.3 Å². The van der Waals surface area contributed by atoms with Crippen molar-refractivity contribution in [3.05, 3.63) is 35.9 Å². The number of rotatable bonds is 4. The first-order chi connectivity index (χ1) is 8.81. The zero-order chi connectivity index (χ0) is 12.4. The van der Waals surface area contributed by atoms with E-state index in [4.69, 9.17) is 0 Å². The van der Waals surface area contributed by atoms with Crippen LogP contribution in [0.5, 0.6) is 0 Å². The van der Waals surface area contributed by atoms with Crippen molar-refractivity contribution in [1.82, 2.24) is 10.2 Å². The molecule has 98 valence electrons. The molecule has 3 rings (SSSR count). The number of benzene rings is 1. The van der Waals surface area contributed by atoms with Crippen LogP contribution in [0.25, 0.3) is 0 Å². The second-order valence-corrected chi connectivity index (χ2v) is 6.03. The summed E-state index contributed by atoms with van der Waals surface area (Å²) < 4.78 is 0. The second-order valence-electron chi connectivity index (χ2n) is 6.03. The molecule has 1 aliphatic heterocycles. The van der Waals surface area contributed by atoms with Crippen molar-refractivity contribution in [2.24, 2.45) is 5.92 Å². The quantitative estimate of drug-likeness (QED) is 0.876. The molecule has 1 aliphatic carbocycles. The Hall–Kier alpha value is -0.860. The summed E-state index contributed by atoms with van der Waals surface area (Å²) in [6, 6.07) is 12.4. The maximum atomic E-state index is 3.80. The highest BCUT2D eigenvalue weighted by Gasteiger charge is 2.31. The SMILES string of the molecule is C[C@@H]1CN(Cc2ccccc2)CC[C@H]1NC1CC1. The number of likely N-dealkylation sites (tertiary alicyclic amines) is 1. The van der Waals surface area contributed by atoms with E-state index in [1.165, 1.54) is 37.9 Å². The first-order valence-corrected chi connectivity index (χ1v) is 7.33. The predicted octanol–water partition coefficient (Wildman–Crippen LogP) is 2.65. The molecular formula is C16H24N2. The predicted molar refractivity (Wildman–Crippen MR) is 75.4 cm³/mol. The molecule has 0 spiro atoms. The fraction of sp³-hybridized carbons (Fsp3) is 0.625. The van der Waals surface area contributed by atoms with Gasteiger partial charge in [-0.3, -0.25) is 4.90 Å². The summed E-state index contributed by atoms with van der Waals surface area (Å²) in [5, 5.41) is 3.80. The van der Waals surface area contributed by atoms with Crippen LogP contribution in [0.3, 0.4) is 0 Å². The third-order valence-corrected chi connectivity index (χ3v) is 4.27. The van der Waals surface area contributed by atoms with E-state index < -0.39 is 0 Å². The number of piperidine rings is 1. The molecule has 0 bridgehead atoms. The standard InChI is InChI=1S/C16H24N2/c1-13-11-18(12-14-5-3-2-4-6-14)10-9-16(13)17-15-7-8-15/h2-6,13,15-17H,7-12H2,1H3/t13-,16-/m1/s1. The van der Waals surface area contributed by atoms with Gasteiger partial charge in [0, 0.05) is 25.2 Å². The minimum Gasteiger partial charge on any atom is -0.311 e. The van der Waals surface area contributed by atoms with Gasteiger partial charge < -0.3 is 5.32 Å². The fourth-order valence-corrected chi connectivity index (χ4v) is 3.02. The van der Waals surface area contributed by atoms with Crippen molar-refractivity contribution in [3.63, 3.8) is 0 Å². The van der Waals surface area contributed by atoms with Crippen LogP contribution in [0.15, 0.2) is 30.3 Å². The fourth-order valence-electron chi connectivity index (χ4n) is 3.02. The van der Waals surface area contributed by atoms with Crippen LogP contribution >= 0.6 is 0 Å². The molecular weight excluding hydrogens is 220 g/mol. The number of hydrogen-bond donors (Lipinski definition) is 1. The summed E-state index contributed by atoms with van der Waals surface area (Å²) in [5.74, 6) is 0.781. The van der Waals surface area contributed by atoms with Gasteiger partial charge in [0.2, 0.25) is 0 Å². The van der Waals surface area contributed by atoms with Crippen LogP contribution < -0.4 is 5.32 Å². The molecule has 1 aromatic rings. The molecule has 0 amide bonds. The molecule has 2 nitrogen and oxygen atoms in total. The average Bonchev–Trinajstić information content (AvgIpc) is 3.18. The highest BCUT2D eigenvalue weighted by atomic mass is 15.2. The van der Waals surface area contributed by atoms with E-state index in [0.717, 1.165) is 24.5 Å². The van der Waals surface area contributed by atoms with Crippen LogP contribution in [0.2, 0.25) is 0 Å². The van der Waals surface area contributed by atoms with Gasteiger partial charge in [-0.25, -0.2) is 0 Å². The van der Waals surface area contributed by atoms with Crippen molar-refractivity contribution < 1.29 is 0 Å². The molecule has 0 aromatic heterocycles. The van der Waals surface area contributed by atoms with Gasteiger partial charge in [0.15, 0.2) is 0 Å². The lowest BCUT2D eigenvalue weighted by atomic mass is 9.93. The lowest BCUT2D eigenvalue weighted by molar-refractivity contribution is 0.140. The summed E-state index contributed by atoms with van der Waals surface area (Å²) in [4.78, 5) is 2.60. The lowest BCUT2D eigenvalue weighted by Crippen LogP contribution is -2.48. The minimum atomic E-state index is 0.754. The van der Waals surface area contributed by atoms with E-state index >= 15 is 0 Å². The van der Waals surface area contributed by atoms with E-state index in [1.807, 2.05) is 0 Å². The van der Waals surface area contributed by atoms with Gasteiger partial charge in [0.25, 0.3) is 0 Å². The Balaban J connectivity index is 1.51. The van der Waals surface area contributed by atoms with Crippen LogP contribution in [0, 0.1) is 5.92 Å². The van der Waals surface area contributed by atoms with E-state index in [1.54, 1.807) is 0 Å². The molecule has 2 aliphatic rings. The third-order valence-electron chi connectivity index (χ3n) is 4.27. The van der Waals surface area contributed by atoms with Crippen LogP contribution in [0.4, 0.5) is 0 Å². The summed E-state index contributed by atoms with van der Waals surface area (Å²) in [6.07, 6.45) is 4.11. The summed E-state index contributed by atoms with van der Waals surface area (Å²) in [6.45, 7) is 5.99. The van der Waals surface area contributed by atoms with Crippen molar-refractivity contribution in [3.8, 4) is 0 Å². The highest BCUT2D eigenvalue weighted by Crippen LogP contribution is 2.25. The molecule has 1 saturated heterocycles. The molecule has 18 heavy (non-hydrogen) atoms. The Kier molecular flexibility index (Phi) is 3.67. The normalized spacial score (nSPS) is 29.4. The zero-order valence-corrected chi connectivity index (χ0v) is 11.3. The minimum absolute atomic E-state index is 0.754. The van der Waals surface area contributed by atoms with Gasteiger partial charge in [-0.05, 0) is 37.3 Å². The maximum absolute atomic E-state index is 3.80. The van der Waals surface area contributed by atoms with E-state index in [0.29, 0.717) is 0 Å². The molecule has 1 saturated carbocycles. The first kappa shape index (κ1) is 12.2. The van der Waals surface area contributed by atoms with Crippen molar-refractivity contribution in [1.29, 1.82) is 0 Å². The number of nitrogens with one attached hydrogen (secondary N) is 1. The van der Waals surface area contributed by atoms with Gasteiger partial charge in [-0.1, -0.05) is 37.3 Å². The van der Waals surface area contributed by atoms with Gasteiger partial charge in [-0.15, -0.1) is 0 Å². The second kappa shape index (κ2) is 5.41.